The van der Waals surface area contributed by atoms with Gasteiger partial charge in [0.05, 0.1) is 13.2 Å². The van der Waals surface area contributed by atoms with Gasteiger partial charge in [-0.05, 0) is 31.1 Å². The van der Waals surface area contributed by atoms with Crippen LogP contribution < -0.4 is 5.32 Å². The predicted octanol–water partition coefficient (Wildman–Crippen LogP) is 2.15. The Kier molecular flexibility index (Phi) is 5.74. The van der Waals surface area contributed by atoms with E-state index in [9.17, 15) is 0 Å². The molecule has 1 rings (SSSR count). The fourth-order valence-corrected chi connectivity index (χ4v) is 1.45. The summed E-state index contributed by atoms with van der Waals surface area (Å²) in [6.45, 7) is 5.91. The van der Waals surface area contributed by atoms with Crippen molar-refractivity contribution in [1.82, 2.24) is 5.32 Å². The molecule has 0 aliphatic carbocycles. The maximum atomic E-state index is 5.45. The molecule has 0 atom stereocenters. The van der Waals surface area contributed by atoms with Crippen molar-refractivity contribution in [3.05, 3.63) is 48.0 Å². The highest BCUT2D eigenvalue weighted by molar-refractivity contribution is 5.26. The zero-order chi connectivity index (χ0) is 10.9. The van der Waals surface area contributed by atoms with Crippen LogP contribution in [0.25, 0.3) is 0 Å². The van der Waals surface area contributed by atoms with Gasteiger partial charge < -0.3 is 10.1 Å². The molecule has 0 aliphatic rings. The normalized spacial score (nSPS) is 10.2. The van der Waals surface area contributed by atoms with Gasteiger partial charge in [-0.2, -0.15) is 0 Å². The third-order valence-corrected chi connectivity index (χ3v) is 2.26. The van der Waals surface area contributed by atoms with E-state index in [4.69, 9.17) is 4.74 Å². The molecule has 82 valence electrons. The van der Waals surface area contributed by atoms with E-state index in [2.05, 4.69) is 36.2 Å². The number of hydrogen-bond donors (Lipinski definition) is 1. The number of rotatable bonds is 7. The van der Waals surface area contributed by atoms with Gasteiger partial charge in [0.15, 0.2) is 0 Å². The Morgan fingerprint density at radius 1 is 1.33 bits per heavy atom. The smallest absolute Gasteiger partial charge is 0.0723 e. The lowest BCUT2D eigenvalue weighted by Gasteiger charge is -2.08. The summed E-state index contributed by atoms with van der Waals surface area (Å²) in [5.74, 6) is 0. The van der Waals surface area contributed by atoms with E-state index in [1.165, 1.54) is 11.1 Å². The molecule has 0 amide bonds. The van der Waals surface area contributed by atoms with Crippen LogP contribution in [0.5, 0.6) is 0 Å². The molecule has 1 N–H and O–H groups in total. The third-order valence-electron chi connectivity index (χ3n) is 2.26. The Morgan fingerprint density at radius 3 is 2.73 bits per heavy atom. The van der Waals surface area contributed by atoms with Crippen LogP contribution in [-0.2, 0) is 17.8 Å². The molecule has 0 radical (unpaired) electrons. The Labute approximate surface area is 92.0 Å². The molecular formula is C13H19NO. The molecule has 0 saturated carbocycles. The van der Waals surface area contributed by atoms with Crippen molar-refractivity contribution in [1.29, 1.82) is 0 Å². The van der Waals surface area contributed by atoms with E-state index < -0.39 is 0 Å². The summed E-state index contributed by atoms with van der Waals surface area (Å²) in [5.41, 5.74) is 2.63. The largest absolute Gasteiger partial charge is 0.373 e. The summed E-state index contributed by atoms with van der Waals surface area (Å²) in [5, 5.41) is 3.15. The monoisotopic (exact) mass is 205 g/mol. The molecule has 2 heteroatoms. The first-order valence-corrected chi connectivity index (χ1v) is 5.28. The minimum atomic E-state index is 0.611. The molecular weight excluding hydrogens is 186 g/mol. The summed E-state index contributed by atoms with van der Waals surface area (Å²) in [6, 6.07) is 8.40. The molecule has 0 saturated heterocycles. The van der Waals surface area contributed by atoms with Gasteiger partial charge >= 0.3 is 0 Å². The minimum absolute atomic E-state index is 0.611. The lowest BCUT2D eigenvalue weighted by Crippen LogP contribution is -2.11. The Morgan fingerprint density at radius 2 is 2.07 bits per heavy atom. The highest BCUT2D eigenvalue weighted by Crippen LogP contribution is 2.10. The molecule has 15 heavy (non-hydrogen) atoms. The number of hydrogen-bond acceptors (Lipinski definition) is 2. The first kappa shape index (κ1) is 12.0. The van der Waals surface area contributed by atoms with E-state index in [1.54, 1.807) is 6.08 Å². The first-order valence-electron chi connectivity index (χ1n) is 5.28. The Hall–Kier alpha value is -1.12. The molecule has 1 aromatic rings. The minimum Gasteiger partial charge on any atom is -0.373 e. The van der Waals surface area contributed by atoms with Gasteiger partial charge in [0.2, 0.25) is 0 Å². The van der Waals surface area contributed by atoms with Crippen molar-refractivity contribution in [2.45, 2.75) is 13.0 Å². The van der Waals surface area contributed by atoms with Crippen LogP contribution in [0.1, 0.15) is 11.1 Å². The highest BCUT2D eigenvalue weighted by atomic mass is 16.5. The fourth-order valence-electron chi connectivity index (χ4n) is 1.45. The average Bonchev–Trinajstić information content (AvgIpc) is 2.28. The van der Waals surface area contributed by atoms with Crippen molar-refractivity contribution < 1.29 is 4.74 Å². The van der Waals surface area contributed by atoms with Gasteiger partial charge in [0.25, 0.3) is 0 Å². The zero-order valence-corrected chi connectivity index (χ0v) is 9.33. The van der Waals surface area contributed by atoms with E-state index in [0.717, 1.165) is 13.0 Å². The van der Waals surface area contributed by atoms with Crippen molar-refractivity contribution >= 4 is 0 Å². The van der Waals surface area contributed by atoms with Gasteiger partial charge in [-0.25, -0.2) is 0 Å². The molecule has 1 aromatic carbocycles. The Balaban J connectivity index is 2.55. The average molecular weight is 205 g/mol. The van der Waals surface area contributed by atoms with Gasteiger partial charge in [0, 0.05) is 0 Å². The number of ether oxygens (including phenoxy) is 1. The number of likely N-dealkylation sites (N-methyl/N-ethyl adjacent to an activating group) is 1. The fraction of sp³-hybridized carbons (Fsp3) is 0.385. The molecule has 0 aliphatic heterocycles. The maximum absolute atomic E-state index is 5.45. The van der Waals surface area contributed by atoms with Crippen LogP contribution in [0.3, 0.4) is 0 Å². The standard InChI is InChI=1S/C13H19NO/c1-3-10-15-11-13-7-5-4-6-12(13)8-9-14-2/h3-7,14H,1,8-11H2,2H3. The van der Waals surface area contributed by atoms with Crippen LogP contribution in [0.4, 0.5) is 0 Å². The summed E-state index contributed by atoms with van der Waals surface area (Å²) in [4.78, 5) is 0. The van der Waals surface area contributed by atoms with Crippen LogP contribution in [-0.4, -0.2) is 20.2 Å². The summed E-state index contributed by atoms with van der Waals surface area (Å²) in [7, 11) is 1.97. The van der Waals surface area contributed by atoms with Gasteiger partial charge in [-0.15, -0.1) is 6.58 Å². The zero-order valence-electron chi connectivity index (χ0n) is 9.33. The molecule has 0 unspecified atom stereocenters. The van der Waals surface area contributed by atoms with Crippen LogP contribution in [0, 0.1) is 0 Å². The topological polar surface area (TPSA) is 21.3 Å². The van der Waals surface area contributed by atoms with E-state index in [0.29, 0.717) is 13.2 Å². The number of benzene rings is 1. The van der Waals surface area contributed by atoms with Gasteiger partial charge in [0.1, 0.15) is 0 Å². The highest BCUT2D eigenvalue weighted by Gasteiger charge is 2.00. The second-order valence-corrected chi connectivity index (χ2v) is 3.43. The second-order valence-electron chi connectivity index (χ2n) is 3.43. The molecule has 2 nitrogen and oxygen atoms in total. The van der Waals surface area contributed by atoms with Crippen molar-refractivity contribution in [3.63, 3.8) is 0 Å². The van der Waals surface area contributed by atoms with Crippen molar-refractivity contribution in [3.8, 4) is 0 Å². The molecule has 0 bridgehead atoms. The quantitative estimate of drug-likeness (QED) is 0.544. The lowest BCUT2D eigenvalue weighted by atomic mass is 10.1. The van der Waals surface area contributed by atoms with E-state index in [1.807, 2.05) is 7.05 Å². The molecule has 0 spiro atoms. The van der Waals surface area contributed by atoms with Crippen molar-refractivity contribution in [2.24, 2.45) is 0 Å². The second kappa shape index (κ2) is 7.21. The summed E-state index contributed by atoms with van der Waals surface area (Å²) >= 11 is 0. The molecule has 0 heterocycles. The molecule has 0 aromatic heterocycles. The van der Waals surface area contributed by atoms with Crippen molar-refractivity contribution in [2.75, 3.05) is 20.2 Å². The van der Waals surface area contributed by atoms with Crippen LogP contribution in [0.2, 0.25) is 0 Å². The summed E-state index contributed by atoms with van der Waals surface area (Å²) < 4.78 is 5.45. The predicted molar refractivity (Wildman–Crippen MR) is 63.9 cm³/mol. The van der Waals surface area contributed by atoms with Gasteiger partial charge in [-0.1, -0.05) is 30.3 Å². The van der Waals surface area contributed by atoms with E-state index in [-0.39, 0.29) is 0 Å². The number of nitrogens with one attached hydrogen (secondary N) is 1. The first-order chi connectivity index (χ1) is 7.38. The Bertz CT molecular complexity index is 296. The van der Waals surface area contributed by atoms with E-state index >= 15 is 0 Å². The maximum Gasteiger partial charge on any atom is 0.0723 e. The lowest BCUT2D eigenvalue weighted by molar-refractivity contribution is 0.148. The third kappa shape index (κ3) is 4.28. The van der Waals surface area contributed by atoms with Crippen LogP contribution in [0.15, 0.2) is 36.9 Å². The van der Waals surface area contributed by atoms with Crippen LogP contribution >= 0.6 is 0 Å². The van der Waals surface area contributed by atoms with Gasteiger partial charge in [-0.3, -0.25) is 0 Å². The summed E-state index contributed by atoms with van der Waals surface area (Å²) in [6.07, 6.45) is 2.82. The molecule has 0 fully saturated rings. The SMILES string of the molecule is C=CCOCc1ccccc1CCNC.